The molecule has 30 heavy (non-hydrogen) atoms. The number of rotatable bonds is 5. The van der Waals surface area contributed by atoms with E-state index in [1.807, 2.05) is 54.6 Å². The molecule has 3 amide bonds. The van der Waals surface area contributed by atoms with Crippen LogP contribution in [0.4, 0.5) is 10.5 Å². The van der Waals surface area contributed by atoms with E-state index in [-0.39, 0.29) is 5.91 Å². The number of halogens is 2. The number of benzene rings is 3. The molecule has 1 fully saturated rings. The first-order chi connectivity index (χ1) is 14.3. The number of para-hydroxylation sites is 1. The van der Waals surface area contributed by atoms with Crippen LogP contribution in [0.1, 0.15) is 12.5 Å². The van der Waals surface area contributed by atoms with E-state index >= 15 is 0 Å². The van der Waals surface area contributed by atoms with Crippen molar-refractivity contribution in [1.82, 2.24) is 5.32 Å². The fourth-order valence-corrected chi connectivity index (χ4v) is 3.97. The zero-order valence-corrected chi connectivity index (χ0v) is 17.6. The number of carbonyl (C=O) groups excluding carboxylic acids is 2. The van der Waals surface area contributed by atoms with Gasteiger partial charge in [-0.15, -0.1) is 0 Å². The summed E-state index contributed by atoms with van der Waals surface area (Å²) in [6, 6.07) is 21.0. The normalized spacial score (nSPS) is 18.4. The molecule has 0 aromatic heterocycles. The van der Waals surface area contributed by atoms with Gasteiger partial charge in [0, 0.05) is 16.5 Å². The van der Waals surface area contributed by atoms with Gasteiger partial charge in [-0.2, -0.15) is 0 Å². The van der Waals surface area contributed by atoms with Crippen LogP contribution in [0.25, 0.3) is 0 Å². The second-order valence-electron chi connectivity index (χ2n) is 7.27. The molecule has 0 radical (unpaired) electrons. The molecule has 0 bridgehead atoms. The maximum Gasteiger partial charge on any atom is 0.329 e. The predicted octanol–water partition coefficient (Wildman–Crippen LogP) is 5.84. The van der Waals surface area contributed by atoms with Gasteiger partial charge in [-0.3, -0.25) is 4.79 Å². The first-order valence-corrected chi connectivity index (χ1v) is 10.0. The van der Waals surface area contributed by atoms with Crippen LogP contribution in [0.2, 0.25) is 10.0 Å². The summed E-state index contributed by atoms with van der Waals surface area (Å²) in [4.78, 5) is 26.8. The standard InChI is InChI=1S/C23H18Cl2N2O3/c1-23(14-15-6-5-9-20(10-15)30-19-7-3-2-4-8-19)21(28)27(22(29)26-23)18-12-16(24)11-17(25)13-18/h2-13H,14H2,1H3,(H,26,29). The number of amides is 3. The van der Waals surface area contributed by atoms with Crippen molar-refractivity contribution in [3.05, 3.63) is 88.4 Å². The lowest BCUT2D eigenvalue weighted by atomic mass is 9.92. The third-order valence-electron chi connectivity index (χ3n) is 4.80. The van der Waals surface area contributed by atoms with E-state index in [0.717, 1.165) is 16.2 Å². The predicted molar refractivity (Wildman–Crippen MR) is 118 cm³/mol. The number of imide groups is 1. The Morgan fingerprint density at radius 1 is 0.900 bits per heavy atom. The van der Waals surface area contributed by atoms with E-state index in [9.17, 15) is 9.59 Å². The largest absolute Gasteiger partial charge is 0.457 e. The molecule has 0 aliphatic carbocycles. The molecule has 3 aromatic carbocycles. The summed E-state index contributed by atoms with van der Waals surface area (Å²) in [6.07, 6.45) is 0.300. The fourth-order valence-electron chi connectivity index (χ4n) is 3.46. The topological polar surface area (TPSA) is 58.6 Å². The molecular formula is C23H18Cl2N2O3. The molecule has 4 rings (SSSR count). The van der Waals surface area contributed by atoms with Crippen LogP contribution in [0, 0.1) is 0 Å². The smallest absolute Gasteiger partial charge is 0.329 e. The third-order valence-corrected chi connectivity index (χ3v) is 5.24. The van der Waals surface area contributed by atoms with Crippen molar-refractivity contribution in [2.75, 3.05) is 4.90 Å². The number of anilines is 1. The van der Waals surface area contributed by atoms with E-state index in [0.29, 0.717) is 27.9 Å². The number of nitrogens with zero attached hydrogens (tertiary/aromatic N) is 1. The van der Waals surface area contributed by atoms with Crippen LogP contribution in [-0.4, -0.2) is 17.5 Å². The number of ether oxygens (including phenoxy) is 1. The number of nitrogens with one attached hydrogen (secondary N) is 1. The fraction of sp³-hybridized carbons (Fsp3) is 0.130. The van der Waals surface area contributed by atoms with Crippen LogP contribution < -0.4 is 15.0 Å². The quantitative estimate of drug-likeness (QED) is 0.506. The highest BCUT2D eigenvalue weighted by Gasteiger charge is 2.48. The summed E-state index contributed by atoms with van der Waals surface area (Å²) in [7, 11) is 0. The molecule has 1 atom stereocenters. The SMILES string of the molecule is CC1(Cc2cccc(Oc3ccccc3)c2)NC(=O)N(c2cc(Cl)cc(Cl)c2)C1=O. The Labute approximate surface area is 184 Å². The van der Waals surface area contributed by atoms with E-state index in [2.05, 4.69) is 5.32 Å². The van der Waals surface area contributed by atoms with Crippen molar-refractivity contribution < 1.29 is 14.3 Å². The van der Waals surface area contributed by atoms with Crippen LogP contribution >= 0.6 is 23.2 Å². The lowest BCUT2D eigenvalue weighted by Crippen LogP contribution is -2.46. The highest BCUT2D eigenvalue weighted by atomic mass is 35.5. The molecule has 5 nitrogen and oxygen atoms in total. The highest BCUT2D eigenvalue weighted by Crippen LogP contribution is 2.32. The third kappa shape index (κ3) is 4.13. The average Bonchev–Trinajstić information content (AvgIpc) is 2.90. The summed E-state index contributed by atoms with van der Waals surface area (Å²) < 4.78 is 5.87. The monoisotopic (exact) mass is 440 g/mol. The molecule has 0 saturated carbocycles. The minimum atomic E-state index is -1.11. The zero-order chi connectivity index (χ0) is 21.3. The molecule has 3 aromatic rings. The maximum atomic E-state index is 13.2. The molecule has 1 aliphatic heterocycles. The number of urea groups is 1. The van der Waals surface area contributed by atoms with Gasteiger partial charge in [0.2, 0.25) is 0 Å². The summed E-state index contributed by atoms with van der Waals surface area (Å²) >= 11 is 12.1. The number of hydrogen-bond donors (Lipinski definition) is 1. The van der Waals surface area contributed by atoms with E-state index in [1.165, 1.54) is 12.1 Å². The second-order valence-corrected chi connectivity index (χ2v) is 8.14. The Bertz CT molecular complexity index is 1100. The molecule has 1 heterocycles. The van der Waals surface area contributed by atoms with Crippen LogP contribution in [0.15, 0.2) is 72.8 Å². The lowest BCUT2D eigenvalue weighted by molar-refractivity contribution is -0.121. The van der Waals surface area contributed by atoms with E-state index in [1.54, 1.807) is 13.0 Å². The number of hydrogen-bond acceptors (Lipinski definition) is 3. The Morgan fingerprint density at radius 2 is 1.57 bits per heavy atom. The van der Waals surface area contributed by atoms with Gasteiger partial charge in [0.25, 0.3) is 5.91 Å². The molecule has 1 aliphatic rings. The van der Waals surface area contributed by atoms with Crippen LogP contribution in [0.3, 0.4) is 0 Å². The molecule has 0 spiro atoms. The Kier molecular flexibility index (Phi) is 5.41. The first-order valence-electron chi connectivity index (χ1n) is 9.29. The van der Waals surface area contributed by atoms with Gasteiger partial charge in [-0.05, 0) is 55.0 Å². The molecular weight excluding hydrogens is 423 g/mol. The summed E-state index contributed by atoms with van der Waals surface area (Å²) in [5.74, 6) is 0.993. The van der Waals surface area contributed by atoms with Crippen molar-refractivity contribution in [1.29, 1.82) is 0 Å². The highest BCUT2D eigenvalue weighted by molar-refractivity contribution is 6.35. The summed E-state index contributed by atoms with van der Waals surface area (Å²) in [5.41, 5.74) is 0.0718. The second kappa shape index (κ2) is 8.01. The van der Waals surface area contributed by atoms with Crippen molar-refractivity contribution in [2.45, 2.75) is 18.9 Å². The van der Waals surface area contributed by atoms with Gasteiger partial charge in [-0.1, -0.05) is 53.5 Å². The summed E-state index contributed by atoms with van der Waals surface area (Å²) in [6.45, 7) is 1.70. The number of carbonyl (C=O) groups is 2. The summed E-state index contributed by atoms with van der Waals surface area (Å²) in [5, 5.41) is 3.49. The minimum absolute atomic E-state index is 0.300. The zero-order valence-electron chi connectivity index (χ0n) is 16.1. The first kappa shape index (κ1) is 20.3. The van der Waals surface area contributed by atoms with Gasteiger partial charge in [-0.25, -0.2) is 9.69 Å². The molecule has 1 saturated heterocycles. The van der Waals surface area contributed by atoms with Crippen molar-refractivity contribution in [3.63, 3.8) is 0 Å². The van der Waals surface area contributed by atoms with Crippen molar-refractivity contribution in [3.8, 4) is 11.5 Å². The van der Waals surface area contributed by atoms with E-state index in [4.69, 9.17) is 27.9 Å². The Balaban J connectivity index is 1.56. The average molecular weight is 441 g/mol. The van der Waals surface area contributed by atoms with Gasteiger partial charge in [0.05, 0.1) is 5.69 Å². The Morgan fingerprint density at radius 3 is 2.27 bits per heavy atom. The Hall–Kier alpha value is -3.02. The van der Waals surface area contributed by atoms with Gasteiger partial charge < -0.3 is 10.1 Å². The minimum Gasteiger partial charge on any atom is -0.457 e. The van der Waals surface area contributed by atoms with Crippen molar-refractivity contribution >= 4 is 40.8 Å². The van der Waals surface area contributed by atoms with Crippen molar-refractivity contribution in [2.24, 2.45) is 0 Å². The molecule has 1 unspecified atom stereocenters. The maximum absolute atomic E-state index is 13.2. The van der Waals surface area contributed by atoms with E-state index < -0.39 is 11.6 Å². The van der Waals surface area contributed by atoms with Gasteiger partial charge in [0.1, 0.15) is 17.0 Å². The molecule has 152 valence electrons. The van der Waals surface area contributed by atoms with Gasteiger partial charge in [0.15, 0.2) is 0 Å². The van der Waals surface area contributed by atoms with Crippen LogP contribution in [0.5, 0.6) is 11.5 Å². The van der Waals surface area contributed by atoms with Crippen LogP contribution in [-0.2, 0) is 11.2 Å². The van der Waals surface area contributed by atoms with Gasteiger partial charge >= 0.3 is 6.03 Å². The molecule has 7 heteroatoms. The lowest BCUT2D eigenvalue weighted by Gasteiger charge is -2.22. The molecule has 1 N–H and O–H groups in total.